The molecule has 0 aliphatic heterocycles. The monoisotopic (exact) mass is 291 g/mol. The zero-order chi connectivity index (χ0) is 14.4. The van der Waals surface area contributed by atoms with Crippen LogP contribution in [0, 0.1) is 5.82 Å². The lowest BCUT2D eigenvalue weighted by Crippen LogP contribution is -2.13. The van der Waals surface area contributed by atoms with Crippen molar-refractivity contribution in [3.8, 4) is 5.75 Å². The third-order valence-electron chi connectivity index (χ3n) is 2.56. The van der Waals surface area contributed by atoms with E-state index in [1.807, 2.05) is 24.3 Å². The van der Waals surface area contributed by atoms with Gasteiger partial charge < -0.3 is 10.1 Å². The van der Waals surface area contributed by atoms with Gasteiger partial charge >= 0.3 is 0 Å². The average molecular weight is 291 g/mol. The number of benzene rings is 2. The maximum absolute atomic E-state index is 12.7. The first-order valence-corrected chi connectivity index (χ1v) is 6.98. The first-order chi connectivity index (χ1) is 9.67. The minimum absolute atomic E-state index is 0.127. The Morgan fingerprint density at radius 1 is 1.15 bits per heavy atom. The van der Waals surface area contributed by atoms with Gasteiger partial charge in [-0.05, 0) is 48.5 Å². The second-order valence-electron chi connectivity index (χ2n) is 4.02. The van der Waals surface area contributed by atoms with E-state index in [1.165, 1.54) is 36.0 Å². The highest BCUT2D eigenvalue weighted by molar-refractivity contribution is 8.00. The molecule has 1 N–H and O–H groups in total. The lowest BCUT2D eigenvalue weighted by atomic mass is 10.3. The van der Waals surface area contributed by atoms with Crippen molar-refractivity contribution in [2.75, 3.05) is 18.2 Å². The minimum Gasteiger partial charge on any atom is -0.497 e. The fraction of sp³-hybridized carbons (Fsp3) is 0.133. The molecule has 3 nitrogen and oxygen atoms in total. The number of rotatable bonds is 5. The van der Waals surface area contributed by atoms with Crippen molar-refractivity contribution in [3.63, 3.8) is 0 Å². The fourth-order valence-corrected chi connectivity index (χ4v) is 2.25. The van der Waals surface area contributed by atoms with Gasteiger partial charge in [-0.2, -0.15) is 0 Å². The van der Waals surface area contributed by atoms with Crippen molar-refractivity contribution in [2.45, 2.75) is 4.90 Å². The number of nitrogens with one attached hydrogen (secondary N) is 1. The molecular weight excluding hydrogens is 277 g/mol. The Bertz CT molecular complexity index is 569. The summed E-state index contributed by atoms with van der Waals surface area (Å²) < 4.78 is 17.8. The molecule has 0 aliphatic carbocycles. The molecule has 5 heteroatoms. The van der Waals surface area contributed by atoms with Gasteiger partial charge in [-0.1, -0.05) is 0 Å². The second-order valence-corrected chi connectivity index (χ2v) is 5.07. The third-order valence-corrected chi connectivity index (χ3v) is 3.57. The zero-order valence-electron chi connectivity index (χ0n) is 10.9. The van der Waals surface area contributed by atoms with Crippen LogP contribution in [0.3, 0.4) is 0 Å². The molecule has 0 bridgehead atoms. The average Bonchev–Trinajstić information content (AvgIpc) is 2.48. The molecule has 0 aromatic heterocycles. The molecule has 20 heavy (non-hydrogen) atoms. The quantitative estimate of drug-likeness (QED) is 0.856. The molecule has 0 saturated carbocycles. The Kier molecular flexibility index (Phi) is 5.01. The molecule has 0 atom stereocenters. The summed E-state index contributed by atoms with van der Waals surface area (Å²) in [6, 6.07) is 13.2. The van der Waals surface area contributed by atoms with E-state index in [-0.39, 0.29) is 11.7 Å². The molecule has 104 valence electrons. The largest absolute Gasteiger partial charge is 0.497 e. The van der Waals surface area contributed by atoms with Gasteiger partial charge in [0.15, 0.2) is 0 Å². The van der Waals surface area contributed by atoms with Crippen LogP contribution in [0.4, 0.5) is 10.1 Å². The summed E-state index contributed by atoms with van der Waals surface area (Å²) in [7, 11) is 1.61. The molecule has 0 radical (unpaired) electrons. The number of ether oxygens (including phenoxy) is 1. The first-order valence-electron chi connectivity index (χ1n) is 5.99. The van der Waals surface area contributed by atoms with E-state index in [4.69, 9.17) is 4.74 Å². The number of carbonyl (C=O) groups excluding carboxylic acids is 1. The third kappa shape index (κ3) is 4.28. The summed E-state index contributed by atoms with van der Waals surface area (Å²) in [6.07, 6.45) is 0. The van der Waals surface area contributed by atoms with Crippen LogP contribution in [0.1, 0.15) is 0 Å². The molecule has 2 aromatic carbocycles. The van der Waals surface area contributed by atoms with E-state index in [0.29, 0.717) is 11.4 Å². The SMILES string of the molecule is COc1ccc(SCC(=O)Nc2ccc(F)cc2)cc1. The van der Waals surface area contributed by atoms with E-state index < -0.39 is 0 Å². The minimum atomic E-state index is -0.324. The number of hydrogen-bond acceptors (Lipinski definition) is 3. The maximum atomic E-state index is 12.7. The fourth-order valence-electron chi connectivity index (χ4n) is 1.55. The Balaban J connectivity index is 1.83. The summed E-state index contributed by atoms with van der Waals surface area (Å²) in [5, 5.41) is 2.71. The molecule has 2 rings (SSSR count). The van der Waals surface area contributed by atoms with Crippen LogP contribution in [0.15, 0.2) is 53.4 Å². The molecule has 0 unspecified atom stereocenters. The number of methoxy groups -OCH3 is 1. The lowest BCUT2D eigenvalue weighted by Gasteiger charge is -2.05. The molecule has 0 aliphatic rings. The molecule has 1 amide bonds. The van der Waals surface area contributed by atoms with Crippen LogP contribution < -0.4 is 10.1 Å². The molecular formula is C15H14FNO2S. The highest BCUT2D eigenvalue weighted by atomic mass is 32.2. The van der Waals surface area contributed by atoms with E-state index in [9.17, 15) is 9.18 Å². The van der Waals surface area contributed by atoms with Crippen LogP contribution in [-0.4, -0.2) is 18.8 Å². The maximum Gasteiger partial charge on any atom is 0.234 e. The Labute approximate surface area is 121 Å². The van der Waals surface area contributed by atoms with Gasteiger partial charge in [-0.15, -0.1) is 11.8 Å². The van der Waals surface area contributed by atoms with Gasteiger partial charge in [-0.25, -0.2) is 4.39 Å². The number of thioether (sulfide) groups is 1. The van der Waals surface area contributed by atoms with E-state index >= 15 is 0 Å². The number of hydrogen-bond donors (Lipinski definition) is 1. The van der Waals surface area contributed by atoms with Gasteiger partial charge in [-0.3, -0.25) is 4.79 Å². The summed E-state index contributed by atoms with van der Waals surface area (Å²) in [6.45, 7) is 0. The highest BCUT2D eigenvalue weighted by Gasteiger charge is 2.04. The zero-order valence-corrected chi connectivity index (χ0v) is 11.7. The topological polar surface area (TPSA) is 38.3 Å². The van der Waals surface area contributed by atoms with Gasteiger partial charge in [0.05, 0.1) is 12.9 Å². The summed E-state index contributed by atoms with van der Waals surface area (Å²) >= 11 is 1.43. The van der Waals surface area contributed by atoms with Crippen LogP contribution in [0.25, 0.3) is 0 Å². The summed E-state index contributed by atoms with van der Waals surface area (Å²) in [5.74, 6) is 0.627. The highest BCUT2D eigenvalue weighted by Crippen LogP contribution is 2.21. The van der Waals surface area contributed by atoms with E-state index in [2.05, 4.69) is 5.32 Å². The van der Waals surface area contributed by atoms with Gasteiger partial charge in [0.1, 0.15) is 11.6 Å². The smallest absolute Gasteiger partial charge is 0.234 e. The number of anilines is 1. The number of amides is 1. The van der Waals surface area contributed by atoms with Crippen LogP contribution in [0.2, 0.25) is 0 Å². The summed E-state index contributed by atoms with van der Waals surface area (Å²) in [4.78, 5) is 12.7. The number of carbonyl (C=O) groups is 1. The molecule has 2 aromatic rings. The predicted molar refractivity (Wildman–Crippen MR) is 78.7 cm³/mol. The van der Waals surface area contributed by atoms with E-state index in [1.54, 1.807) is 7.11 Å². The van der Waals surface area contributed by atoms with Crippen molar-refractivity contribution in [2.24, 2.45) is 0 Å². The second kappa shape index (κ2) is 6.96. The van der Waals surface area contributed by atoms with Crippen LogP contribution >= 0.6 is 11.8 Å². The van der Waals surface area contributed by atoms with Crippen molar-refractivity contribution in [1.29, 1.82) is 0 Å². The molecule has 0 saturated heterocycles. The Hall–Kier alpha value is -2.01. The normalized spacial score (nSPS) is 10.1. The summed E-state index contributed by atoms with van der Waals surface area (Å²) in [5.41, 5.74) is 0.590. The van der Waals surface area contributed by atoms with E-state index in [0.717, 1.165) is 10.6 Å². The van der Waals surface area contributed by atoms with Gasteiger partial charge in [0.2, 0.25) is 5.91 Å². The Morgan fingerprint density at radius 2 is 1.80 bits per heavy atom. The van der Waals surface area contributed by atoms with Crippen molar-refractivity contribution in [3.05, 3.63) is 54.3 Å². The van der Waals surface area contributed by atoms with Crippen molar-refractivity contribution < 1.29 is 13.9 Å². The molecule has 0 heterocycles. The molecule has 0 spiro atoms. The van der Waals surface area contributed by atoms with Gasteiger partial charge in [0.25, 0.3) is 0 Å². The predicted octanol–water partition coefficient (Wildman–Crippen LogP) is 3.57. The standard InChI is InChI=1S/C15H14FNO2S/c1-19-13-6-8-14(9-7-13)20-10-15(18)17-12-4-2-11(16)3-5-12/h2-9H,10H2,1H3,(H,17,18). The van der Waals surface area contributed by atoms with Crippen LogP contribution in [-0.2, 0) is 4.79 Å². The van der Waals surface area contributed by atoms with Crippen LogP contribution in [0.5, 0.6) is 5.75 Å². The van der Waals surface area contributed by atoms with Gasteiger partial charge in [0, 0.05) is 10.6 Å². The number of halogens is 1. The Morgan fingerprint density at radius 3 is 2.40 bits per heavy atom. The molecule has 0 fully saturated rings. The first kappa shape index (κ1) is 14.4. The van der Waals surface area contributed by atoms with Crippen molar-refractivity contribution >= 4 is 23.4 Å². The lowest BCUT2D eigenvalue weighted by molar-refractivity contribution is -0.113. The van der Waals surface area contributed by atoms with Crippen molar-refractivity contribution in [1.82, 2.24) is 0 Å².